The standard InChI is InChI=1S/C58H52N2O4/c1-7-63-51-23-11-15-39(35-61-5)56(51)59(41-29-25-37(3)26-30-41)50-34-33-45-43-19-13-22-49-55(43)54(48-21-14-20-47(50)53(45)48)44-17-9-10-18-46(44)58(49)60(42-31-27-38(4)28-32-42)57-40(36-62-6)16-12-24-52(57)64-8-2/h9-34H,7-8,35-36H2,1-6H3. The van der Waals surface area contributed by atoms with Gasteiger partial charge in [-0.05, 0) is 102 Å². The number of ether oxygens (including phenoxy) is 4. The van der Waals surface area contributed by atoms with E-state index >= 15 is 0 Å². The lowest BCUT2D eigenvalue weighted by molar-refractivity contribution is 0.185. The van der Waals surface area contributed by atoms with Crippen molar-refractivity contribution in [2.24, 2.45) is 0 Å². The molecule has 64 heavy (non-hydrogen) atoms. The van der Waals surface area contributed by atoms with Gasteiger partial charge in [0.15, 0.2) is 0 Å². The first-order valence-corrected chi connectivity index (χ1v) is 22.2. The van der Waals surface area contributed by atoms with Crippen LogP contribution in [0.25, 0.3) is 53.9 Å². The van der Waals surface area contributed by atoms with Gasteiger partial charge in [0, 0.05) is 58.3 Å². The van der Waals surface area contributed by atoms with Crippen molar-refractivity contribution in [3.63, 3.8) is 0 Å². The molecular weight excluding hydrogens is 789 g/mol. The summed E-state index contributed by atoms with van der Waals surface area (Å²) in [6.07, 6.45) is 0. The van der Waals surface area contributed by atoms with Crippen LogP contribution < -0.4 is 19.3 Å². The van der Waals surface area contributed by atoms with E-state index in [-0.39, 0.29) is 0 Å². The molecule has 0 bridgehead atoms. The lowest BCUT2D eigenvalue weighted by Crippen LogP contribution is -2.16. The van der Waals surface area contributed by atoms with Crippen LogP contribution in [0, 0.1) is 13.8 Å². The van der Waals surface area contributed by atoms with Crippen molar-refractivity contribution in [1.29, 1.82) is 0 Å². The Bertz CT molecular complexity index is 3260. The Morgan fingerprint density at radius 2 is 0.828 bits per heavy atom. The Hall–Kier alpha value is -7.12. The van der Waals surface area contributed by atoms with Gasteiger partial charge in [-0.25, -0.2) is 0 Å². The summed E-state index contributed by atoms with van der Waals surface area (Å²) in [5, 5.41) is 11.9. The second-order valence-electron chi connectivity index (χ2n) is 16.5. The molecule has 0 aliphatic rings. The highest BCUT2D eigenvalue weighted by atomic mass is 16.5. The maximum atomic E-state index is 6.49. The minimum atomic E-state index is 0.428. The lowest BCUT2D eigenvalue weighted by Gasteiger charge is -2.33. The predicted octanol–water partition coefficient (Wildman–Crippen LogP) is 15.5. The van der Waals surface area contributed by atoms with E-state index in [0.717, 1.165) is 72.9 Å². The Morgan fingerprint density at radius 1 is 0.375 bits per heavy atom. The summed E-state index contributed by atoms with van der Waals surface area (Å²) in [5.41, 5.74) is 10.7. The van der Waals surface area contributed by atoms with Crippen molar-refractivity contribution in [3.05, 3.63) is 180 Å². The predicted molar refractivity (Wildman–Crippen MR) is 268 cm³/mol. The fourth-order valence-electron chi connectivity index (χ4n) is 9.85. The summed E-state index contributed by atoms with van der Waals surface area (Å²) in [6.45, 7) is 10.3. The van der Waals surface area contributed by atoms with E-state index in [1.54, 1.807) is 14.2 Å². The van der Waals surface area contributed by atoms with Gasteiger partial charge in [-0.2, -0.15) is 0 Å². The van der Waals surface area contributed by atoms with E-state index in [1.165, 1.54) is 48.8 Å². The molecule has 10 aromatic carbocycles. The fourth-order valence-corrected chi connectivity index (χ4v) is 9.85. The highest BCUT2D eigenvalue weighted by Gasteiger charge is 2.29. The number of para-hydroxylation sites is 2. The number of anilines is 6. The Labute approximate surface area is 375 Å². The third-order valence-electron chi connectivity index (χ3n) is 12.5. The third kappa shape index (κ3) is 6.82. The van der Waals surface area contributed by atoms with E-state index in [0.29, 0.717) is 26.4 Å². The number of rotatable bonds is 14. The van der Waals surface area contributed by atoms with Gasteiger partial charge in [-0.3, -0.25) is 0 Å². The summed E-state index contributed by atoms with van der Waals surface area (Å²) in [6, 6.07) is 57.3. The minimum absolute atomic E-state index is 0.428. The molecule has 0 saturated carbocycles. The lowest BCUT2D eigenvalue weighted by atomic mass is 9.85. The average molecular weight is 841 g/mol. The normalized spacial score (nSPS) is 11.7. The SMILES string of the molecule is CCOc1cccc(COC)c1N(c1ccc(C)cc1)c1ccc2c3cccc4c(N(c5ccc(C)cc5)c5c(COC)cccc5OCC)c5ccccc5c(c5cccc1c25)c43. The van der Waals surface area contributed by atoms with Gasteiger partial charge in [0.1, 0.15) is 11.5 Å². The number of nitrogens with zero attached hydrogens (tertiary/aromatic N) is 2. The van der Waals surface area contributed by atoms with Crippen LogP contribution in [-0.2, 0) is 22.7 Å². The van der Waals surface area contributed by atoms with Crippen molar-refractivity contribution in [2.45, 2.75) is 40.9 Å². The second-order valence-corrected chi connectivity index (χ2v) is 16.5. The molecule has 0 unspecified atom stereocenters. The smallest absolute Gasteiger partial charge is 0.143 e. The molecule has 10 rings (SSSR count). The molecule has 0 saturated heterocycles. The summed E-state index contributed by atoms with van der Waals surface area (Å²) < 4.78 is 24.6. The number of aryl methyl sites for hydroxylation is 2. The Morgan fingerprint density at radius 3 is 1.42 bits per heavy atom. The van der Waals surface area contributed by atoms with E-state index in [4.69, 9.17) is 18.9 Å². The zero-order valence-electron chi connectivity index (χ0n) is 37.4. The summed E-state index contributed by atoms with van der Waals surface area (Å²) in [4.78, 5) is 4.78. The quantitative estimate of drug-likeness (QED) is 0.0803. The molecule has 0 heterocycles. The largest absolute Gasteiger partial charge is 0.492 e. The first-order valence-electron chi connectivity index (χ1n) is 22.2. The van der Waals surface area contributed by atoms with Gasteiger partial charge in [0.05, 0.1) is 49.2 Å². The molecule has 10 aromatic rings. The van der Waals surface area contributed by atoms with Crippen LogP contribution in [0.2, 0.25) is 0 Å². The third-order valence-corrected chi connectivity index (χ3v) is 12.5. The van der Waals surface area contributed by atoms with Crippen LogP contribution in [0.3, 0.4) is 0 Å². The molecule has 0 aliphatic carbocycles. The molecule has 0 amide bonds. The molecular formula is C58H52N2O4. The molecule has 0 aromatic heterocycles. The molecule has 0 spiro atoms. The number of hydrogen-bond acceptors (Lipinski definition) is 6. The van der Waals surface area contributed by atoms with Crippen molar-refractivity contribution < 1.29 is 18.9 Å². The van der Waals surface area contributed by atoms with Gasteiger partial charge in [0.2, 0.25) is 0 Å². The van der Waals surface area contributed by atoms with E-state index in [2.05, 4.69) is 181 Å². The molecule has 0 atom stereocenters. The topological polar surface area (TPSA) is 43.4 Å². The van der Waals surface area contributed by atoms with Gasteiger partial charge < -0.3 is 28.7 Å². The van der Waals surface area contributed by atoms with Gasteiger partial charge >= 0.3 is 0 Å². The first kappa shape index (κ1) is 40.9. The summed E-state index contributed by atoms with van der Waals surface area (Å²) >= 11 is 0. The fraction of sp³-hybridized carbons (Fsp3) is 0.172. The molecule has 6 heteroatoms. The van der Waals surface area contributed by atoms with E-state index < -0.39 is 0 Å². The van der Waals surface area contributed by atoms with Crippen LogP contribution in [0.1, 0.15) is 36.1 Å². The van der Waals surface area contributed by atoms with Crippen molar-refractivity contribution in [1.82, 2.24) is 0 Å². The Kier molecular flexibility index (Phi) is 11.0. The van der Waals surface area contributed by atoms with Crippen LogP contribution in [-0.4, -0.2) is 27.4 Å². The molecule has 318 valence electrons. The van der Waals surface area contributed by atoms with Crippen LogP contribution in [0.5, 0.6) is 11.5 Å². The maximum absolute atomic E-state index is 6.49. The molecule has 0 aliphatic heterocycles. The second kappa shape index (κ2) is 17.2. The first-order chi connectivity index (χ1) is 31.4. The maximum Gasteiger partial charge on any atom is 0.143 e. The Balaban J connectivity index is 1.33. The molecule has 0 radical (unpaired) electrons. The van der Waals surface area contributed by atoms with Gasteiger partial charge in [-0.15, -0.1) is 0 Å². The van der Waals surface area contributed by atoms with E-state index in [9.17, 15) is 0 Å². The van der Waals surface area contributed by atoms with Crippen LogP contribution >= 0.6 is 0 Å². The highest BCUT2D eigenvalue weighted by Crippen LogP contribution is 2.54. The van der Waals surface area contributed by atoms with E-state index in [1.807, 2.05) is 13.8 Å². The number of hydrogen-bond donors (Lipinski definition) is 0. The minimum Gasteiger partial charge on any atom is -0.492 e. The molecule has 6 nitrogen and oxygen atoms in total. The summed E-state index contributed by atoms with van der Waals surface area (Å²) in [5.74, 6) is 1.62. The number of benzene rings is 10. The van der Waals surface area contributed by atoms with Gasteiger partial charge in [0.25, 0.3) is 0 Å². The number of fused-ring (bicyclic) bond motifs is 4. The zero-order chi connectivity index (χ0) is 43.9. The van der Waals surface area contributed by atoms with Gasteiger partial charge in [-0.1, -0.05) is 126 Å². The zero-order valence-corrected chi connectivity index (χ0v) is 37.4. The van der Waals surface area contributed by atoms with Crippen LogP contribution in [0.4, 0.5) is 34.1 Å². The molecule has 0 N–H and O–H groups in total. The van der Waals surface area contributed by atoms with Crippen molar-refractivity contribution in [3.8, 4) is 11.5 Å². The summed E-state index contributed by atoms with van der Waals surface area (Å²) in [7, 11) is 3.50. The van der Waals surface area contributed by atoms with Crippen molar-refractivity contribution in [2.75, 3.05) is 37.2 Å². The van der Waals surface area contributed by atoms with Crippen molar-refractivity contribution >= 4 is 88.0 Å². The van der Waals surface area contributed by atoms with Crippen LogP contribution in [0.15, 0.2) is 158 Å². The number of methoxy groups -OCH3 is 2. The highest BCUT2D eigenvalue weighted by molar-refractivity contribution is 6.41. The average Bonchev–Trinajstić information content (AvgIpc) is 3.31. The molecule has 0 fully saturated rings. The monoisotopic (exact) mass is 840 g/mol.